The summed E-state index contributed by atoms with van der Waals surface area (Å²) >= 11 is -18.1. The molecular formula is CdO12Te3W. The van der Waals surface area contributed by atoms with E-state index in [0.29, 0.717) is 0 Å². The van der Waals surface area contributed by atoms with Crippen molar-refractivity contribution in [2.75, 3.05) is 0 Å². The fourth-order valence-electron chi connectivity index (χ4n) is 0. The van der Waals surface area contributed by atoms with Gasteiger partial charge in [0.2, 0.25) is 0 Å². The zero-order chi connectivity index (χ0) is 13.5. The summed E-state index contributed by atoms with van der Waals surface area (Å²) in [6.45, 7) is 0. The quantitative estimate of drug-likeness (QED) is 0.206. The number of hydrogen-bond acceptors (Lipinski definition) is 12. The molecule has 0 saturated carbocycles. The Morgan fingerprint density at radius 2 is 0.471 bits per heavy atom. The molecule has 0 fully saturated rings. The van der Waals surface area contributed by atoms with E-state index in [4.69, 9.17) is 39.5 Å². The van der Waals surface area contributed by atoms with Gasteiger partial charge in [0.1, 0.15) is 0 Å². The van der Waals surface area contributed by atoms with Gasteiger partial charge in [0.15, 0.2) is 0 Å². The SMILES string of the molecule is O=[Te](=O)([O-])[O-].O=[Te](=O)([O-])[O-].O=[Te](=O)([O-])[O-].[Cd+2].[W+4]. The molecule has 0 atom stereocenters. The Balaban J connectivity index is -0.0000000400. The van der Waals surface area contributed by atoms with Gasteiger partial charge in [-0.1, -0.05) is 0 Å². The zero-order valence-electron chi connectivity index (χ0n) is 7.24. The van der Waals surface area contributed by atoms with Crippen LogP contribution in [0.15, 0.2) is 0 Å². The van der Waals surface area contributed by atoms with Gasteiger partial charge >= 0.3 is 145 Å². The normalized spacial score (nSPS) is 10.2. The van der Waals surface area contributed by atoms with Crippen LogP contribution in [0.25, 0.3) is 0 Å². The fourth-order valence-corrected chi connectivity index (χ4v) is 0. The van der Waals surface area contributed by atoms with Gasteiger partial charge in [0.25, 0.3) is 0 Å². The summed E-state index contributed by atoms with van der Waals surface area (Å²) in [7, 11) is 0. The summed E-state index contributed by atoms with van der Waals surface area (Å²) in [6.07, 6.45) is 0. The van der Waals surface area contributed by atoms with Crippen molar-refractivity contribution in [3.05, 3.63) is 0 Å². The minimum Gasteiger partial charge on any atom is 2.00 e. The topological polar surface area (TPSA) is 241 Å². The van der Waals surface area contributed by atoms with Crippen LogP contribution in [0.4, 0.5) is 0 Å². The van der Waals surface area contributed by atoms with Crippen LogP contribution in [-0.2, 0) is 67.0 Å². The third-order valence-electron chi connectivity index (χ3n) is 0. The standard InChI is InChI=1S/Cd.3H2O4Te.W/c;3*1-5(2,3)4;/h;3*(H2,1,2,3,4);/q+2;;;;+4/p-6. The first-order valence-corrected chi connectivity index (χ1v) is 13.4. The van der Waals surface area contributed by atoms with E-state index in [1.807, 2.05) is 0 Å². The summed E-state index contributed by atoms with van der Waals surface area (Å²) < 4.78 is 104. The van der Waals surface area contributed by atoms with Crippen molar-refractivity contribution < 1.29 is 87.8 Å². The van der Waals surface area contributed by atoms with Crippen LogP contribution < -0.4 is 20.8 Å². The van der Waals surface area contributed by atoms with Crippen LogP contribution in [0.3, 0.4) is 0 Å². The molecule has 0 aliphatic heterocycles. The van der Waals surface area contributed by atoms with Crippen molar-refractivity contribution in [1.82, 2.24) is 0 Å². The minimum atomic E-state index is -6.02. The summed E-state index contributed by atoms with van der Waals surface area (Å²) in [5.41, 5.74) is 0. The van der Waals surface area contributed by atoms with E-state index < -0.39 is 56.9 Å². The van der Waals surface area contributed by atoms with Crippen LogP contribution in [0.1, 0.15) is 0 Å². The van der Waals surface area contributed by atoms with E-state index in [0.717, 1.165) is 0 Å². The molecule has 0 spiro atoms. The van der Waals surface area contributed by atoms with Crippen LogP contribution >= 0.6 is 0 Å². The molecular weight excluding hydrogens is 871 g/mol. The molecule has 0 unspecified atom stereocenters. The molecule has 0 heterocycles. The average molecular weight is 871 g/mol. The van der Waals surface area contributed by atoms with E-state index >= 15 is 0 Å². The Labute approximate surface area is 142 Å². The van der Waals surface area contributed by atoms with Gasteiger partial charge in [-0.05, 0) is 0 Å². The largest absolute Gasteiger partial charge is 4.00 e. The number of rotatable bonds is 0. The third kappa shape index (κ3) is 787. The molecule has 0 amide bonds. The Kier molecular flexibility index (Phi) is 25.3. The van der Waals surface area contributed by atoms with Crippen molar-refractivity contribution in [3.63, 3.8) is 0 Å². The second kappa shape index (κ2) is 13.5. The number of hydrogen-bond donors (Lipinski definition) is 0. The van der Waals surface area contributed by atoms with Crippen LogP contribution in [0.2, 0.25) is 0 Å². The maximum absolute atomic E-state index is 8.63. The second-order valence-electron chi connectivity index (χ2n) is 1.22. The Bertz CT molecular complexity index is 343. The smallest absolute Gasteiger partial charge is 2.00 e. The van der Waals surface area contributed by atoms with Crippen molar-refractivity contribution in [1.29, 1.82) is 0 Å². The molecule has 98 valence electrons. The van der Waals surface area contributed by atoms with Gasteiger partial charge < -0.3 is 0 Å². The van der Waals surface area contributed by atoms with Crippen molar-refractivity contribution in [2.24, 2.45) is 0 Å². The Morgan fingerprint density at radius 3 is 0.471 bits per heavy atom. The Morgan fingerprint density at radius 1 is 0.471 bits per heavy atom. The van der Waals surface area contributed by atoms with Gasteiger partial charge in [0, 0.05) is 0 Å². The van der Waals surface area contributed by atoms with E-state index in [-0.39, 0.29) is 48.4 Å². The fraction of sp³-hybridized carbons (Fsp3) is 0. The molecule has 0 aliphatic rings. The summed E-state index contributed by atoms with van der Waals surface area (Å²) in [4.78, 5) is 0. The summed E-state index contributed by atoms with van der Waals surface area (Å²) in [5.74, 6) is 0. The maximum Gasteiger partial charge on any atom is 4.00 e. The van der Waals surface area contributed by atoms with E-state index in [2.05, 4.69) is 0 Å². The van der Waals surface area contributed by atoms with Crippen molar-refractivity contribution in [3.8, 4) is 0 Å². The van der Waals surface area contributed by atoms with Crippen LogP contribution in [-0.4, -0.2) is 56.9 Å². The molecule has 12 nitrogen and oxygen atoms in total. The van der Waals surface area contributed by atoms with Gasteiger partial charge in [-0.3, -0.25) is 0 Å². The molecule has 17 heavy (non-hydrogen) atoms. The van der Waals surface area contributed by atoms with Gasteiger partial charge in [-0.2, -0.15) is 0 Å². The second-order valence-corrected chi connectivity index (χ2v) is 8.22. The predicted molar refractivity (Wildman–Crippen MR) is 21.4 cm³/mol. The van der Waals surface area contributed by atoms with E-state index in [9.17, 15) is 0 Å². The first kappa shape index (κ1) is 31.8. The Hall–Kier alpha value is 2.54. The average Bonchev–Trinajstić information content (AvgIpc) is 1.41. The molecule has 0 rings (SSSR count). The van der Waals surface area contributed by atoms with E-state index in [1.54, 1.807) is 0 Å². The van der Waals surface area contributed by atoms with Crippen LogP contribution in [0, 0.1) is 0 Å². The molecule has 0 bridgehead atoms. The summed E-state index contributed by atoms with van der Waals surface area (Å²) in [5, 5.41) is 0. The van der Waals surface area contributed by atoms with Gasteiger partial charge in [-0.25, -0.2) is 0 Å². The molecule has 0 aromatic carbocycles. The first-order valence-electron chi connectivity index (χ1n) is 2.00. The molecule has 0 aromatic heterocycles. The van der Waals surface area contributed by atoms with Crippen molar-refractivity contribution in [2.45, 2.75) is 0 Å². The van der Waals surface area contributed by atoms with Crippen molar-refractivity contribution >= 4 is 56.9 Å². The molecule has 0 aromatic rings. The maximum atomic E-state index is 8.63. The summed E-state index contributed by atoms with van der Waals surface area (Å²) in [6, 6.07) is 0. The van der Waals surface area contributed by atoms with E-state index in [1.165, 1.54) is 0 Å². The predicted octanol–water partition coefficient (Wildman–Crippen LogP) is -8.99. The molecule has 0 N–H and O–H groups in total. The molecule has 0 saturated heterocycles. The van der Waals surface area contributed by atoms with Gasteiger partial charge in [-0.15, -0.1) is 0 Å². The minimum absolute atomic E-state index is 0. The van der Waals surface area contributed by atoms with Gasteiger partial charge in [0.05, 0.1) is 0 Å². The zero-order valence-corrected chi connectivity index (χ0v) is 21.2. The molecule has 17 heteroatoms. The molecule has 0 radical (unpaired) electrons. The monoisotopic (exact) mass is 880 g/mol. The molecule has 0 aliphatic carbocycles. The third-order valence-corrected chi connectivity index (χ3v) is 0. The first-order chi connectivity index (χ1) is 6.00. The van der Waals surface area contributed by atoms with Crippen LogP contribution in [0.5, 0.6) is 0 Å².